The molecule has 0 aromatic carbocycles. The maximum absolute atomic E-state index is 10.6. The molecule has 0 aliphatic heterocycles. The van der Waals surface area contributed by atoms with Gasteiger partial charge in [-0.1, -0.05) is 6.07 Å². The van der Waals surface area contributed by atoms with E-state index in [2.05, 4.69) is 34.6 Å². The second kappa shape index (κ2) is 13.7. The maximum atomic E-state index is 10.6. The van der Waals surface area contributed by atoms with Crippen LogP contribution in [0, 0.1) is 0 Å². The van der Waals surface area contributed by atoms with Crippen molar-refractivity contribution in [3.05, 3.63) is 22.4 Å². The van der Waals surface area contributed by atoms with Crippen LogP contribution in [0.2, 0.25) is 0 Å². The Morgan fingerprint density at radius 2 is 2.12 bits per heavy atom. The van der Waals surface area contributed by atoms with Crippen LogP contribution in [0.4, 0.5) is 0 Å². The van der Waals surface area contributed by atoms with Gasteiger partial charge in [-0.25, -0.2) is 4.99 Å². The molecule has 3 N–H and O–H groups in total. The summed E-state index contributed by atoms with van der Waals surface area (Å²) in [6.07, 6.45) is 1.09. The predicted octanol–water partition coefficient (Wildman–Crippen LogP) is 2.49. The van der Waals surface area contributed by atoms with Gasteiger partial charge >= 0.3 is 0 Å². The van der Waals surface area contributed by atoms with Crippen LogP contribution in [0.1, 0.15) is 32.1 Å². The number of halogens is 1. The van der Waals surface area contributed by atoms with E-state index in [-0.39, 0.29) is 30.1 Å². The number of aliphatic hydroxyl groups is 1. The molecule has 0 amide bonds. The normalized spacial score (nSPS) is 15.3. The van der Waals surface area contributed by atoms with E-state index in [0.29, 0.717) is 25.7 Å². The van der Waals surface area contributed by atoms with Gasteiger partial charge in [0.25, 0.3) is 0 Å². The Morgan fingerprint density at radius 1 is 1.38 bits per heavy atom. The first kappa shape index (κ1) is 25.6. The Balaban J connectivity index is 0.00000625. The van der Waals surface area contributed by atoms with Crippen molar-refractivity contribution in [2.24, 2.45) is 4.99 Å². The highest BCUT2D eigenvalue weighted by Gasteiger charge is 2.24. The van der Waals surface area contributed by atoms with Crippen molar-refractivity contribution in [1.29, 1.82) is 0 Å². The molecule has 2 atom stereocenters. The quantitative estimate of drug-likeness (QED) is 0.249. The Labute approximate surface area is 179 Å². The van der Waals surface area contributed by atoms with Gasteiger partial charge in [-0.15, -0.1) is 35.3 Å². The van der Waals surface area contributed by atoms with Gasteiger partial charge in [0.15, 0.2) is 5.96 Å². The third-order valence-corrected chi connectivity index (χ3v) is 4.86. The fourth-order valence-electron chi connectivity index (χ4n) is 2.33. The highest BCUT2D eigenvalue weighted by molar-refractivity contribution is 14.0. The maximum Gasteiger partial charge on any atom is 0.191 e. The monoisotopic (exact) mass is 498 g/mol. The lowest BCUT2D eigenvalue weighted by molar-refractivity contribution is 0.0546. The van der Waals surface area contributed by atoms with Gasteiger partial charge in [0.05, 0.1) is 12.6 Å². The van der Waals surface area contributed by atoms with E-state index >= 15 is 0 Å². The third kappa shape index (κ3) is 10.1. The largest absolute Gasteiger partial charge is 0.383 e. The molecule has 152 valence electrons. The van der Waals surface area contributed by atoms with Crippen molar-refractivity contribution in [2.75, 3.05) is 46.9 Å². The summed E-state index contributed by atoms with van der Waals surface area (Å²) in [4.78, 5) is 7.63. The molecule has 0 fully saturated rings. The summed E-state index contributed by atoms with van der Waals surface area (Å²) in [7, 11) is 4.13. The second-order valence-corrected chi connectivity index (χ2v) is 7.44. The summed E-state index contributed by atoms with van der Waals surface area (Å²) in [5.41, 5.74) is -0.958. The minimum atomic E-state index is -0.958. The lowest BCUT2D eigenvalue weighted by atomic mass is 10.1. The first-order valence-electron chi connectivity index (χ1n) is 8.94. The molecule has 0 radical (unpaired) electrons. The number of hydrogen-bond acceptors (Lipinski definition) is 5. The number of hydrogen-bond donors (Lipinski definition) is 3. The summed E-state index contributed by atoms with van der Waals surface area (Å²) in [5.74, 6) is 0.703. The minimum absolute atomic E-state index is 0. The van der Waals surface area contributed by atoms with E-state index in [0.717, 1.165) is 24.4 Å². The highest BCUT2D eigenvalue weighted by Crippen LogP contribution is 2.25. The van der Waals surface area contributed by atoms with Gasteiger partial charge in [-0.3, -0.25) is 0 Å². The van der Waals surface area contributed by atoms with Crippen LogP contribution in [0.15, 0.2) is 22.5 Å². The van der Waals surface area contributed by atoms with Crippen molar-refractivity contribution < 1.29 is 9.84 Å². The SMILES string of the molecule is CCNC(=NCC(C)(O)c1cccs1)NCC(CCN(C)C)OCC.I. The number of nitrogens with zero attached hydrogens (tertiary/aromatic N) is 2. The summed E-state index contributed by atoms with van der Waals surface area (Å²) in [5, 5.41) is 19.1. The summed E-state index contributed by atoms with van der Waals surface area (Å²) >= 11 is 1.54. The molecule has 0 spiro atoms. The molecule has 0 saturated carbocycles. The summed E-state index contributed by atoms with van der Waals surface area (Å²) < 4.78 is 5.81. The number of guanidine groups is 1. The smallest absolute Gasteiger partial charge is 0.191 e. The van der Waals surface area contributed by atoms with Crippen molar-refractivity contribution in [3.63, 3.8) is 0 Å². The van der Waals surface area contributed by atoms with Gasteiger partial charge in [0.2, 0.25) is 0 Å². The average molecular weight is 498 g/mol. The number of ether oxygens (including phenoxy) is 1. The predicted molar refractivity (Wildman–Crippen MR) is 122 cm³/mol. The summed E-state index contributed by atoms with van der Waals surface area (Å²) in [6.45, 7) is 9.28. The van der Waals surface area contributed by atoms with Crippen LogP contribution < -0.4 is 10.6 Å². The van der Waals surface area contributed by atoms with Crippen molar-refractivity contribution >= 4 is 41.3 Å². The number of thiophene rings is 1. The van der Waals surface area contributed by atoms with Crippen molar-refractivity contribution in [2.45, 2.75) is 38.9 Å². The molecule has 1 aromatic rings. The van der Waals surface area contributed by atoms with Crippen molar-refractivity contribution in [1.82, 2.24) is 15.5 Å². The van der Waals surface area contributed by atoms with Crippen LogP contribution in [0.25, 0.3) is 0 Å². The van der Waals surface area contributed by atoms with Gasteiger partial charge in [-0.2, -0.15) is 0 Å². The fourth-order valence-corrected chi connectivity index (χ4v) is 3.11. The van der Waals surface area contributed by atoms with Crippen LogP contribution in [0.5, 0.6) is 0 Å². The number of nitrogens with one attached hydrogen (secondary N) is 2. The van der Waals surface area contributed by atoms with E-state index in [1.807, 2.05) is 31.4 Å². The molecule has 6 nitrogen and oxygen atoms in total. The summed E-state index contributed by atoms with van der Waals surface area (Å²) in [6, 6.07) is 3.88. The molecule has 26 heavy (non-hydrogen) atoms. The number of rotatable bonds is 11. The van der Waals surface area contributed by atoms with E-state index in [9.17, 15) is 5.11 Å². The van der Waals surface area contributed by atoms with Crippen LogP contribution in [-0.2, 0) is 10.3 Å². The molecule has 1 rings (SSSR count). The lowest BCUT2D eigenvalue weighted by Crippen LogP contribution is -2.43. The number of aliphatic imine (C=N–C) groups is 1. The zero-order valence-electron chi connectivity index (χ0n) is 16.6. The molecular weight excluding hydrogens is 463 g/mol. The van der Waals surface area contributed by atoms with E-state index in [4.69, 9.17) is 4.74 Å². The third-order valence-electron chi connectivity index (χ3n) is 3.74. The van der Waals surface area contributed by atoms with Crippen molar-refractivity contribution in [3.8, 4) is 0 Å². The Hall–Kier alpha value is -0.420. The van der Waals surface area contributed by atoms with Gasteiger partial charge in [0, 0.05) is 31.1 Å². The van der Waals surface area contributed by atoms with E-state index < -0.39 is 5.60 Å². The van der Waals surface area contributed by atoms with E-state index in [1.54, 1.807) is 18.3 Å². The molecule has 1 aromatic heterocycles. The molecule has 0 aliphatic carbocycles. The second-order valence-electron chi connectivity index (χ2n) is 6.50. The molecule has 1 heterocycles. The molecule has 8 heteroatoms. The zero-order chi connectivity index (χ0) is 18.7. The first-order chi connectivity index (χ1) is 11.9. The lowest BCUT2D eigenvalue weighted by Gasteiger charge is -2.23. The molecular formula is C18H35IN4O2S. The van der Waals surface area contributed by atoms with E-state index in [1.165, 1.54) is 0 Å². The molecule has 0 aliphatic rings. The van der Waals surface area contributed by atoms with Gasteiger partial charge in [0.1, 0.15) is 5.60 Å². The fraction of sp³-hybridized carbons (Fsp3) is 0.722. The standard InChI is InChI=1S/C18H34N4O2S.HI/c1-6-19-17(20-13-15(24-7-2)10-11-22(4)5)21-14-18(3,23)16-9-8-12-25-16;/h8-9,12,15,23H,6-7,10-11,13-14H2,1-5H3,(H2,19,20,21);1H. The molecule has 0 bridgehead atoms. The van der Waals surface area contributed by atoms with Gasteiger partial charge in [-0.05, 0) is 52.7 Å². The van der Waals surface area contributed by atoms with Crippen LogP contribution >= 0.6 is 35.3 Å². The molecule has 0 saturated heterocycles. The average Bonchev–Trinajstić information content (AvgIpc) is 3.10. The minimum Gasteiger partial charge on any atom is -0.383 e. The Morgan fingerprint density at radius 3 is 2.65 bits per heavy atom. The van der Waals surface area contributed by atoms with Crippen LogP contribution in [-0.4, -0.2) is 69.0 Å². The van der Waals surface area contributed by atoms with Gasteiger partial charge < -0.3 is 25.4 Å². The zero-order valence-corrected chi connectivity index (χ0v) is 19.8. The van der Waals surface area contributed by atoms with Crippen LogP contribution in [0.3, 0.4) is 0 Å². The first-order valence-corrected chi connectivity index (χ1v) is 9.81. The molecule has 2 unspecified atom stereocenters. The topological polar surface area (TPSA) is 69.1 Å². The Bertz CT molecular complexity index is 495. The highest BCUT2D eigenvalue weighted by atomic mass is 127. The Kier molecular flexibility index (Phi) is 13.5.